The fourth-order valence-corrected chi connectivity index (χ4v) is 4.57. The maximum absolute atomic E-state index is 12.5. The number of amides is 1. The molecule has 1 unspecified atom stereocenters. The molecule has 1 fully saturated rings. The summed E-state index contributed by atoms with van der Waals surface area (Å²) in [7, 11) is 0. The topological polar surface area (TPSA) is 65.2 Å². The number of hydrogen-bond acceptors (Lipinski definition) is 4. The van der Waals surface area contributed by atoms with Gasteiger partial charge in [-0.05, 0) is 54.4 Å². The Labute approximate surface area is 174 Å². The molecule has 2 N–H and O–H groups in total. The quantitative estimate of drug-likeness (QED) is 0.654. The molecule has 1 atom stereocenters. The number of pyridine rings is 1. The van der Waals surface area contributed by atoms with Crippen molar-refractivity contribution in [3.05, 3.63) is 81.5 Å². The van der Waals surface area contributed by atoms with Crippen LogP contribution in [0.5, 0.6) is 0 Å². The van der Waals surface area contributed by atoms with E-state index in [1.165, 1.54) is 5.56 Å². The third-order valence-corrected chi connectivity index (χ3v) is 6.25. The van der Waals surface area contributed by atoms with E-state index in [0.29, 0.717) is 12.5 Å². The summed E-state index contributed by atoms with van der Waals surface area (Å²) in [5.41, 5.74) is 1.88. The SMILES string of the molecule is O=C(NCC1CCCN(Cc2ccccc2)C1)c1ccc(-c2cccs2)[nH]c1=O. The van der Waals surface area contributed by atoms with Gasteiger partial charge in [-0.1, -0.05) is 36.4 Å². The molecule has 1 saturated heterocycles. The molecule has 150 valence electrons. The van der Waals surface area contributed by atoms with E-state index < -0.39 is 0 Å². The molecule has 0 radical (unpaired) electrons. The number of aromatic amines is 1. The molecule has 3 aromatic rings. The zero-order chi connectivity index (χ0) is 20.1. The molecule has 1 amide bonds. The van der Waals surface area contributed by atoms with Gasteiger partial charge < -0.3 is 10.3 Å². The number of nitrogens with zero attached hydrogens (tertiary/aromatic N) is 1. The van der Waals surface area contributed by atoms with Crippen LogP contribution in [0, 0.1) is 5.92 Å². The second-order valence-corrected chi connectivity index (χ2v) is 8.48. The zero-order valence-corrected chi connectivity index (χ0v) is 17.1. The Balaban J connectivity index is 1.32. The number of thiophene rings is 1. The highest BCUT2D eigenvalue weighted by Crippen LogP contribution is 2.21. The summed E-state index contributed by atoms with van der Waals surface area (Å²) in [6.07, 6.45) is 2.22. The standard InChI is InChI=1S/C23H25N3O2S/c27-22(19-10-11-20(25-23(19)28)21-9-5-13-29-21)24-14-18-8-4-12-26(16-18)15-17-6-2-1-3-7-17/h1-3,5-7,9-11,13,18H,4,8,12,14-16H2,(H,24,27)(H,25,28). The summed E-state index contributed by atoms with van der Waals surface area (Å²) in [5.74, 6) is 0.102. The molecule has 4 rings (SSSR count). The minimum Gasteiger partial charge on any atom is -0.352 e. The maximum atomic E-state index is 12.5. The summed E-state index contributed by atoms with van der Waals surface area (Å²) in [4.78, 5) is 31.1. The van der Waals surface area contributed by atoms with Gasteiger partial charge in [0.05, 0.1) is 10.6 Å². The number of aromatic nitrogens is 1. The molecule has 5 nitrogen and oxygen atoms in total. The van der Waals surface area contributed by atoms with Crippen molar-refractivity contribution in [2.24, 2.45) is 5.92 Å². The monoisotopic (exact) mass is 407 g/mol. The second-order valence-electron chi connectivity index (χ2n) is 7.53. The third-order valence-electron chi connectivity index (χ3n) is 5.34. The van der Waals surface area contributed by atoms with Crippen molar-refractivity contribution in [3.63, 3.8) is 0 Å². The smallest absolute Gasteiger partial charge is 0.261 e. The average molecular weight is 408 g/mol. The Morgan fingerprint density at radius 3 is 2.76 bits per heavy atom. The number of likely N-dealkylation sites (tertiary alicyclic amines) is 1. The first-order chi connectivity index (χ1) is 14.2. The highest BCUT2D eigenvalue weighted by molar-refractivity contribution is 7.13. The van der Waals surface area contributed by atoms with Gasteiger partial charge in [-0.3, -0.25) is 14.5 Å². The summed E-state index contributed by atoms with van der Waals surface area (Å²) < 4.78 is 0. The van der Waals surface area contributed by atoms with Crippen molar-refractivity contribution in [1.82, 2.24) is 15.2 Å². The molecular formula is C23H25N3O2S. The van der Waals surface area contributed by atoms with Crippen molar-refractivity contribution in [1.29, 1.82) is 0 Å². The van der Waals surface area contributed by atoms with E-state index in [2.05, 4.69) is 39.5 Å². The normalized spacial score (nSPS) is 17.2. The summed E-state index contributed by atoms with van der Waals surface area (Å²) in [6.45, 7) is 3.58. The first-order valence-electron chi connectivity index (χ1n) is 10.0. The fraction of sp³-hybridized carbons (Fsp3) is 0.304. The van der Waals surface area contributed by atoms with E-state index in [9.17, 15) is 9.59 Å². The predicted octanol–water partition coefficient (Wildman–Crippen LogP) is 3.75. The van der Waals surface area contributed by atoms with Crippen LogP contribution in [0.3, 0.4) is 0 Å². The van der Waals surface area contributed by atoms with Gasteiger partial charge in [0, 0.05) is 19.6 Å². The lowest BCUT2D eigenvalue weighted by molar-refractivity contribution is 0.0929. The molecule has 6 heteroatoms. The minimum absolute atomic E-state index is 0.169. The molecule has 3 heterocycles. The van der Waals surface area contributed by atoms with E-state index >= 15 is 0 Å². The van der Waals surface area contributed by atoms with Crippen molar-refractivity contribution in [2.75, 3.05) is 19.6 Å². The lowest BCUT2D eigenvalue weighted by Gasteiger charge is -2.32. The summed E-state index contributed by atoms with van der Waals surface area (Å²) >= 11 is 1.55. The lowest BCUT2D eigenvalue weighted by atomic mass is 9.97. The highest BCUT2D eigenvalue weighted by atomic mass is 32.1. The Hall–Kier alpha value is -2.70. The molecule has 1 aliphatic heterocycles. The molecule has 1 aromatic carbocycles. The number of carbonyl (C=O) groups excluding carboxylic acids is 1. The van der Waals surface area contributed by atoms with Crippen LogP contribution in [0.15, 0.2) is 64.8 Å². The molecule has 0 bridgehead atoms. The average Bonchev–Trinajstić information content (AvgIpc) is 3.28. The second kappa shape index (κ2) is 9.20. The van der Waals surface area contributed by atoms with Gasteiger partial charge in [0.2, 0.25) is 0 Å². The molecular weight excluding hydrogens is 382 g/mol. The van der Waals surface area contributed by atoms with Crippen LogP contribution in [-0.4, -0.2) is 35.4 Å². The van der Waals surface area contributed by atoms with Gasteiger partial charge in [0.1, 0.15) is 5.56 Å². The number of nitrogens with one attached hydrogen (secondary N) is 2. The Morgan fingerprint density at radius 2 is 2.00 bits per heavy atom. The molecule has 0 aliphatic carbocycles. The Morgan fingerprint density at radius 1 is 1.14 bits per heavy atom. The number of H-pyrrole nitrogens is 1. The third kappa shape index (κ3) is 5.02. The van der Waals surface area contributed by atoms with Crippen LogP contribution >= 0.6 is 11.3 Å². The predicted molar refractivity (Wildman–Crippen MR) is 117 cm³/mol. The van der Waals surface area contributed by atoms with Crippen molar-refractivity contribution < 1.29 is 4.79 Å². The molecule has 1 aliphatic rings. The first-order valence-corrected chi connectivity index (χ1v) is 10.9. The van der Waals surface area contributed by atoms with Crippen LogP contribution in [0.2, 0.25) is 0 Å². The van der Waals surface area contributed by atoms with Gasteiger partial charge in [0.25, 0.3) is 11.5 Å². The van der Waals surface area contributed by atoms with Crippen LogP contribution in [0.4, 0.5) is 0 Å². The van der Waals surface area contributed by atoms with Crippen molar-refractivity contribution >= 4 is 17.2 Å². The maximum Gasteiger partial charge on any atom is 0.261 e. The Bertz CT molecular complexity index is 998. The van der Waals surface area contributed by atoms with Crippen LogP contribution in [-0.2, 0) is 6.54 Å². The van der Waals surface area contributed by atoms with E-state index in [1.807, 2.05) is 23.6 Å². The van der Waals surface area contributed by atoms with Gasteiger partial charge in [-0.15, -0.1) is 11.3 Å². The van der Waals surface area contributed by atoms with E-state index in [1.54, 1.807) is 23.5 Å². The van der Waals surface area contributed by atoms with E-state index in [-0.39, 0.29) is 17.0 Å². The number of hydrogen-bond donors (Lipinski definition) is 2. The number of rotatable bonds is 6. The van der Waals surface area contributed by atoms with E-state index in [0.717, 1.165) is 43.0 Å². The van der Waals surface area contributed by atoms with Crippen molar-refractivity contribution in [3.8, 4) is 10.6 Å². The first kappa shape index (κ1) is 19.6. The highest BCUT2D eigenvalue weighted by Gasteiger charge is 2.21. The molecule has 29 heavy (non-hydrogen) atoms. The molecule has 0 spiro atoms. The van der Waals surface area contributed by atoms with Gasteiger partial charge >= 0.3 is 0 Å². The Kier molecular flexibility index (Phi) is 6.22. The lowest BCUT2D eigenvalue weighted by Crippen LogP contribution is -2.41. The zero-order valence-electron chi connectivity index (χ0n) is 16.3. The van der Waals surface area contributed by atoms with Crippen molar-refractivity contribution in [2.45, 2.75) is 19.4 Å². The largest absolute Gasteiger partial charge is 0.352 e. The number of benzene rings is 1. The van der Waals surface area contributed by atoms with Crippen LogP contribution < -0.4 is 10.9 Å². The van der Waals surface area contributed by atoms with E-state index in [4.69, 9.17) is 0 Å². The summed E-state index contributed by atoms with van der Waals surface area (Å²) in [5, 5.41) is 4.92. The summed E-state index contributed by atoms with van der Waals surface area (Å²) in [6, 6.07) is 17.8. The number of carbonyl (C=O) groups is 1. The molecule has 0 saturated carbocycles. The minimum atomic E-state index is -0.345. The van der Waals surface area contributed by atoms with Gasteiger partial charge in [-0.2, -0.15) is 0 Å². The number of piperidine rings is 1. The van der Waals surface area contributed by atoms with Gasteiger partial charge in [-0.25, -0.2) is 0 Å². The van der Waals surface area contributed by atoms with Crippen LogP contribution in [0.25, 0.3) is 10.6 Å². The fourth-order valence-electron chi connectivity index (χ4n) is 3.86. The van der Waals surface area contributed by atoms with Crippen LogP contribution in [0.1, 0.15) is 28.8 Å². The van der Waals surface area contributed by atoms with Gasteiger partial charge in [0.15, 0.2) is 0 Å². The molecule has 2 aromatic heterocycles.